The number of hydrogen-bond acceptors (Lipinski definition) is 3. The first kappa shape index (κ1) is 10.5. The van der Waals surface area contributed by atoms with E-state index in [1.54, 1.807) is 10.9 Å². The number of aromatic hydroxyl groups is 1. The minimum absolute atomic E-state index is 0.358. The van der Waals surface area contributed by atoms with Crippen LogP contribution >= 0.6 is 0 Å². The van der Waals surface area contributed by atoms with Gasteiger partial charge in [-0.1, -0.05) is 18.2 Å². The standard InChI is InChI=1S/C12H15N3O/c1-9-4-3-5-10(12(9)16)8-13-11-6-7-14-15(11)2/h3-7,13,16H,8H2,1-2H3. The van der Waals surface area contributed by atoms with Gasteiger partial charge in [-0.05, 0) is 12.5 Å². The van der Waals surface area contributed by atoms with Crippen LogP contribution in [-0.4, -0.2) is 14.9 Å². The van der Waals surface area contributed by atoms with Gasteiger partial charge in [0.1, 0.15) is 11.6 Å². The van der Waals surface area contributed by atoms with E-state index in [4.69, 9.17) is 0 Å². The van der Waals surface area contributed by atoms with E-state index < -0.39 is 0 Å². The van der Waals surface area contributed by atoms with Gasteiger partial charge < -0.3 is 10.4 Å². The van der Waals surface area contributed by atoms with E-state index in [9.17, 15) is 5.11 Å². The molecule has 0 atom stereocenters. The number of benzene rings is 1. The molecule has 0 saturated heterocycles. The van der Waals surface area contributed by atoms with Crippen molar-refractivity contribution < 1.29 is 5.11 Å². The molecule has 4 nitrogen and oxygen atoms in total. The molecule has 16 heavy (non-hydrogen) atoms. The first-order valence-electron chi connectivity index (χ1n) is 5.18. The van der Waals surface area contributed by atoms with Crippen LogP contribution in [-0.2, 0) is 13.6 Å². The predicted molar refractivity (Wildman–Crippen MR) is 63.4 cm³/mol. The Bertz CT molecular complexity index is 491. The molecule has 0 bridgehead atoms. The first-order valence-corrected chi connectivity index (χ1v) is 5.18. The van der Waals surface area contributed by atoms with Crippen LogP contribution in [0, 0.1) is 6.92 Å². The molecule has 2 aromatic rings. The van der Waals surface area contributed by atoms with Crippen LogP contribution in [0.4, 0.5) is 5.82 Å². The van der Waals surface area contributed by atoms with Crippen LogP contribution in [0.25, 0.3) is 0 Å². The van der Waals surface area contributed by atoms with E-state index in [1.165, 1.54) is 0 Å². The number of anilines is 1. The molecule has 0 unspecified atom stereocenters. The molecule has 1 aromatic carbocycles. The van der Waals surface area contributed by atoms with Crippen molar-refractivity contribution in [1.82, 2.24) is 9.78 Å². The van der Waals surface area contributed by atoms with Crippen molar-refractivity contribution in [2.75, 3.05) is 5.32 Å². The molecule has 2 rings (SSSR count). The minimum Gasteiger partial charge on any atom is -0.507 e. The summed E-state index contributed by atoms with van der Waals surface area (Å²) in [5.74, 6) is 1.29. The maximum atomic E-state index is 9.83. The Morgan fingerprint density at radius 1 is 1.38 bits per heavy atom. The van der Waals surface area contributed by atoms with Gasteiger partial charge in [-0.25, -0.2) is 0 Å². The second kappa shape index (κ2) is 4.26. The molecule has 1 aromatic heterocycles. The van der Waals surface area contributed by atoms with E-state index >= 15 is 0 Å². The van der Waals surface area contributed by atoms with Gasteiger partial charge in [-0.3, -0.25) is 4.68 Å². The maximum Gasteiger partial charge on any atom is 0.124 e. The molecule has 0 radical (unpaired) electrons. The van der Waals surface area contributed by atoms with Gasteiger partial charge in [0.05, 0.1) is 6.20 Å². The third-order valence-electron chi connectivity index (χ3n) is 2.60. The van der Waals surface area contributed by atoms with Crippen molar-refractivity contribution in [3.8, 4) is 5.75 Å². The molecule has 0 fully saturated rings. The zero-order valence-electron chi connectivity index (χ0n) is 9.44. The molecular weight excluding hydrogens is 202 g/mol. The number of para-hydroxylation sites is 1. The summed E-state index contributed by atoms with van der Waals surface area (Å²) in [6.45, 7) is 2.48. The summed E-state index contributed by atoms with van der Waals surface area (Å²) >= 11 is 0. The second-order valence-electron chi connectivity index (χ2n) is 3.78. The number of rotatable bonds is 3. The topological polar surface area (TPSA) is 50.1 Å². The Morgan fingerprint density at radius 2 is 2.19 bits per heavy atom. The molecule has 0 aliphatic heterocycles. The fraction of sp³-hybridized carbons (Fsp3) is 0.250. The van der Waals surface area contributed by atoms with Crippen molar-refractivity contribution in [1.29, 1.82) is 0 Å². The second-order valence-corrected chi connectivity index (χ2v) is 3.78. The molecule has 0 aliphatic carbocycles. The van der Waals surface area contributed by atoms with E-state index in [-0.39, 0.29) is 0 Å². The first-order chi connectivity index (χ1) is 7.68. The van der Waals surface area contributed by atoms with Gasteiger partial charge in [0, 0.05) is 25.2 Å². The normalized spacial score (nSPS) is 10.4. The molecule has 84 valence electrons. The van der Waals surface area contributed by atoms with Crippen LogP contribution in [0.15, 0.2) is 30.5 Å². The van der Waals surface area contributed by atoms with Crippen LogP contribution in [0.5, 0.6) is 5.75 Å². The van der Waals surface area contributed by atoms with E-state index in [0.29, 0.717) is 12.3 Å². The van der Waals surface area contributed by atoms with Crippen molar-refractivity contribution in [3.63, 3.8) is 0 Å². The Hall–Kier alpha value is -1.97. The minimum atomic E-state index is 0.358. The molecule has 0 spiro atoms. The monoisotopic (exact) mass is 217 g/mol. The maximum absolute atomic E-state index is 9.83. The Morgan fingerprint density at radius 3 is 2.88 bits per heavy atom. The summed E-state index contributed by atoms with van der Waals surface area (Å²) in [7, 11) is 1.87. The molecule has 2 N–H and O–H groups in total. The highest BCUT2D eigenvalue weighted by atomic mass is 16.3. The summed E-state index contributed by atoms with van der Waals surface area (Å²) in [6.07, 6.45) is 1.73. The highest BCUT2D eigenvalue weighted by molar-refractivity contribution is 5.42. The zero-order chi connectivity index (χ0) is 11.5. The predicted octanol–water partition coefficient (Wildman–Crippen LogP) is 2.05. The van der Waals surface area contributed by atoms with Gasteiger partial charge in [0.2, 0.25) is 0 Å². The number of aromatic nitrogens is 2. The van der Waals surface area contributed by atoms with Crippen molar-refractivity contribution in [3.05, 3.63) is 41.6 Å². The van der Waals surface area contributed by atoms with Gasteiger partial charge in [0.15, 0.2) is 0 Å². The Kier molecular flexibility index (Phi) is 2.81. The lowest BCUT2D eigenvalue weighted by Crippen LogP contribution is -2.04. The zero-order valence-corrected chi connectivity index (χ0v) is 9.44. The highest BCUT2D eigenvalue weighted by Gasteiger charge is 2.04. The Balaban J connectivity index is 2.11. The Labute approximate surface area is 94.5 Å². The lowest BCUT2D eigenvalue weighted by Gasteiger charge is -2.09. The third kappa shape index (κ3) is 2.00. The third-order valence-corrected chi connectivity index (χ3v) is 2.60. The summed E-state index contributed by atoms with van der Waals surface area (Å²) in [5, 5.41) is 17.1. The number of nitrogens with zero attached hydrogens (tertiary/aromatic N) is 2. The van der Waals surface area contributed by atoms with Gasteiger partial charge in [-0.15, -0.1) is 0 Å². The van der Waals surface area contributed by atoms with Gasteiger partial charge >= 0.3 is 0 Å². The van der Waals surface area contributed by atoms with Crippen molar-refractivity contribution in [2.24, 2.45) is 7.05 Å². The SMILES string of the molecule is Cc1cccc(CNc2ccnn2C)c1O. The van der Waals surface area contributed by atoms with Crippen LogP contribution in [0.1, 0.15) is 11.1 Å². The van der Waals surface area contributed by atoms with Crippen molar-refractivity contribution in [2.45, 2.75) is 13.5 Å². The molecule has 1 heterocycles. The molecular formula is C12H15N3O. The molecule has 0 aliphatic rings. The van der Waals surface area contributed by atoms with E-state index in [1.807, 2.05) is 38.2 Å². The molecule has 0 amide bonds. The number of hydrogen-bond donors (Lipinski definition) is 2. The van der Waals surface area contributed by atoms with E-state index in [0.717, 1.165) is 16.9 Å². The smallest absolute Gasteiger partial charge is 0.124 e. The fourth-order valence-electron chi connectivity index (χ4n) is 1.60. The lowest BCUT2D eigenvalue weighted by atomic mass is 10.1. The van der Waals surface area contributed by atoms with Gasteiger partial charge in [0.25, 0.3) is 0 Å². The van der Waals surface area contributed by atoms with E-state index in [2.05, 4.69) is 10.4 Å². The number of phenols is 1. The molecule has 0 saturated carbocycles. The van der Waals surface area contributed by atoms with Crippen LogP contribution in [0.3, 0.4) is 0 Å². The number of nitrogens with one attached hydrogen (secondary N) is 1. The summed E-state index contributed by atoms with van der Waals surface area (Å²) in [4.78, 5) is 0. The lowest BCUT2D eigenvalue weighted by molar-refractivity contribution is 0.465. The fourth-order valence-corrected chi connectivity index (χ4v) is 1.60. The average molecular weight is 217 g/mol. The average Bonchev–Trinajstić information content (AvgIpc) is 2.67. The number of aryl methyl sites for hydroxylation is 2. The highest BCUT2D eigenvalue weighted by Crippen LogP contribution is 2.22. The quantitative estimate of drug-likeness (QED) is 0.827. The largest absolute Gasteiger partial charge is 0.507 e. The molecule has 4 heteroatoms. The van der Waals surface area contributed by atoms with Crippen LogP contribution < -0.4 is 5.32 Å². The van der Waals surface area contributed by atoms with Crippen molar-refractivity contribution >= 4 is 5.82 Å². The number of phenolic OH excluding ortho intramolecular Hbond substituents is 1. The van der Waals surface area contributed by atoms with Gasteiger partial charge in [-0.2, -0.15) is 5.10 Å². The summed E-state index contributed by atoms with van der Waals surface area (Å²) < 4.78 is 1.76. The summed E-state index contributed by atoms with van der Waals surface area (Å²) in [6, 6.07) is 7.64. The summed E-state index contributed by atoms with van der Waals surface area (Å²) in [5.41, 5.74) is 1.78. The van der Waals surface area contributed by atoms with Crippen LogP contribution in [0.2, 0.25) is 0 Å².